The fraction of sp³-hybridized carbons (Fsp3) is 0.423. The van der Waals surface area contributed by atoms with Crippen molar-refractivity contribution in [2.45, 2.75) is 25.3 Å². The van der Waals surface area contributed by atoms with E-state index in [1.807, 2.05) is 41.3 Å². The number of rotatable bonds is 6. The molecule has 3 heterocycles. The Balaban J connectivity index is 1.29. The highest BCUT2D eigenvalue weighted by atomic mass is 16.5. The van der Waals surface area contributed by atoms with Gasteiger partial charge in [-0.25, -0.2) is 0 Å². The first-order valence-electron chi connectivity index (χ1n) is 11.8. The van der Waals surface area contributed by atoms with Gasteiger partial charge in [0.2, 0.25) is 11.8 Å². The summed E-state index contributed by atoms with van der Waals surface area (Å²) < 4.78 is 11.1. The summed E-state index contributed by atoms with van der Waals surface area (Å²) in [4.78, 5) is 22.0. The fourth-order valence-corrected chi connectivity index (χ4v) is 4.87. The van der Waals surface area contributed by atoms with E-state index in [9.17, 15) is 4.79 Å². The zero-order valence-electron chi connectivity index (χ0n) is 18.8. The summed E-state index contributed by atoms with van der Waals surface area (Å²) >= 11 is 0. The van der Waals surface area contributed by atoms with E-state index in [2.05, 4.69) is 34.3 Å². The summed E-state index contributed by atoms with van der Waals surface area (Å²) in [5, 5.41) is 4.36. The van der Waals surface area contributed by atoms with Crippen molar-refractivity contribution in [3.8, 4) is 0 Å². The van der Waals surface area contributed by atoms with Gasteiger partial charge in [0, 0.05) is 19.6 Å². The van der Waals surface area contributed by atoms with Gasteiger partial charge < -0.3 is 14.2 Å². The Kier molecular flexibility index (Phi) is 6.79. The number of aromatic nitrogens is 2. The normalized spacial score (nSPS) is 19.7. The van der Waals surface area contributed by atoms with Crippen LogP contribution < -0.4 is 0 Å². The lowest BCUT2D eigenvalue weighted by molar-refractivity contribution is -0.141. The molecule has 0 bridgehead atoms. The highest BCUT2D eigenvalue weighted by Crippen LogP contribution is 2.30. The third-order valence-electron chi connectivity index (χ3n) is 6.54. The number of carbonyl (C=O) groups excluding carboxylic acids is 1. The third kappa shape index (κ3) is 5.15. The third-order valence-corrected chi connectivity index (χ3v) is 6.54. The van der Waals surface area contributed by atoms with Gasteiger partial charge in [-0.1, -0.05) is 65.8 Å². The van der Waals surface area contributed by atoms with Crippen LogP contribution in [0, 0.1) is 5.92 Å². The monoisotopic (exact) mass is 446 g/mol. The quantitative estimate of drug-likeness (QED) is 0.579. The van der Waals surface area contributed by atoms with Crippen molar-refractivity contribution in [1.82, 2.24) is 19.9 Å². The van der Waals surface area contributed by atoms with Gasteiger partial charge in [0.05, 0.1) is 31.6 Å². The van der Waals surface area contributed by atoms with Crippen molar-refractivity contribution in [3.05, 3.63) is 83.5 Å². The van der Waals surface area contributed by atoms with Crippen LogP contribution in [0.3, 0.4) is 0 Å². The number of hydrogen-bond acceptors (Lipinski definition) is 6. The van der Waals surface area contributed by atoms with Gasteiger partial charge in [-0.05, 0) is 30.5 Å². The van der Waals surface area contributed by atoms with Crippen molar-refractivity contribution in [3.63, 3.8) is 0 Å². The van der Waals surface area contributed by atoms with Crippen LogP contribution in [0.2, 0.25) is 0 Å². The lowest BCUT2D eigenvalue weighted by atomic mass is 9.91. The predicted molar refractivity (Wildman–Crippen MR) is 124 cm³/mol. The molecule has 5 rings (SSSR count). The van der Waals surface area contributed by atoms with Crippen molar-refractivity contribution in [2.75, 3.05) is 39.4 Å². The number of nitrogens with zero attached hydrogens (tertiary/aromatic N) is 4. The van der Waals surface area contributed by atoms with E-state index in [1.54, 1.807) is 0 Å². The van der Waals surface area contributed by atoms with E-state index in [4.69, 9.17) is 14.2 Å². The SMILES string of the molecule is O=C([C@@H]1CCCN(Cc2nc(C(c3ccccc3)c3ccccc3)no2)C1)N1CCOCC1. The maximum absolute atomic E-state index is 13.0. The first-order valence-corrected chi connectivity index (χ1v) is 11.8. The molecule has 3 aromatic rings. The minimum atomic E-state index is -0.0816. The van der Waals surface area contributed by atoms with E-state index in [0.29, 0.717) is 44.6 Å². The van der Waals surface area contributed by atoms with Crippen LogP contribution in [0.5, 0.6) is 0 Å². The molecule has 7 heteroatoms. The molecule has 0 unspecified atom stereocenters. The van der Waals surface area contributed by atoms with Gasteiger partial charge in [-0.15, -0.1) is 0 Å². The summed E-state index contributed by atoms with van der Waals surface area (Å²) in [5.41, 5.74) is 2.26. The van der Waals surface area contributed by atoms with Gasteiger partial charge in [-0.2, -0.15) is 4.98 Å². The number of morpholine rings is 1. The highest BCUT2D eigenvalue weighted by Gasteiger charge is 2.31. The minimum Gasteiger partial charge on any atom is -0.378 e. The molecule has 2 aliphatic rings. The number of carbonyl (C=O) groups is 1. The zero-order chi connectivity index (χ0) is 22.5. The number of piperidine rings is 1. The summed E-state index contributed by atoms with van der Waals surface area (Å²) in [5.74, 6) is 1.46. The molecule has 33 heavy (non-hydrogen) atoms. The molecule has 0 aliphatic carbocycles. The van der Waals surface area contributed by atoms with Crippen molar-refractivity contribution in [1.29, 1.82) is 0 Å². The van der Waals surface area contributed by atoms with Crippen LogP contribution in [-0.2, 0) is 16.1 Å². The van der Waals surface area contributed by atoms with E-state index in [-0.39, 0.29) is 17.7 Å². The van der Waals surface area contributed by atoms with Gasteiger partial charge in [0.25, 0.3) is 0 Å². The molecule has 1 atom stereocenters. The van der Waals surface area contributed by atoms with Crippen molar-refractivity contribution >= 4 is 5.91 Å². The molecule has 2 aromatic carbocycles. The largest absolute Gasteiger partial charge is 0.378 e. The Morgan fingerprint density at radius 3 is 2.30 bits per heavy atom. The summed E-state index contributed by atoms with van der Waals surface area (Å²) in [7, 11) is 0. The van der Waals surface area contributed by atoms with E-state index in [0.717, 1.165) is 37.1 Å². The molecule has 0 spiro atoms. The molecule has 7 nitrogen and oxygen atoms in total. The maximum Gasteiger partial charge on any atom is 0.240 e. The van der Waals surface area contributed by atoms with E-state index >= 15 is 0 Å². The molecule has 2 fully saturated rings. The Hall–Kier alpha value is -3.03. The second-order valence-electron chi connectivity index (χ2n) is 8.81. The Morgan fingerprint density at radius 1 is 0.970 bits per heavy atom. The standard InChI is InChI=1S/C26H30N4O3/c31-26(30-14-16-32-17-15-30)22-12-7-13-29(18-22)19-23-27-25(28-33-23)24(20-8-3-1-4-9-20)21-10-5-2-6-11-21/h1-6,8-11,22,24H,7,12-19H2/t22-/m1/s1. The minimum absolute atomic E-state index is 0.0284. The smallest absolute Gasteiger partial charge is 0.240 e. The fourth-order valence-electron chi connectivity index (χ4n) is 4.87. The van der Waals surface area contributed by atoms with Gasteiger partial charge in [-0.3, -0.25) is 9.69 Å². The second-order valence-corrected chi connectivity index (χ2v) is 8.81. The number of amides is 1. The highest BCUT2D eigenvalue weighted by molar-refractivity contribution is 5.79. The van der Waals surface area contributed by atoms with Crippen molar-refractivity contribution in [2.24, 2.45) is 5.92 Å². The lowest BCUT2D eigenvalue weighted by Gasteiger charge is -2.35. The second kappa shape index (κ2) is 10.3. The molecule has 1 amide bonds. The topological polar surface area (TPSA) is 71.7 Å². The summed E-state index contributed by atoms with van der Waals surface area (Å²) in [6.45, 7) is 4.90. The van der Waals surface area contributed by atoms with Crippen LogP contribution >= 0.6 is 0 Å². The van der Waals surface area contributed by atoms with Gasteiger partial charge in [0.1, 0.15) is 0 Å². The molecular formula is C26H30N4O3. The van der Waals surface area contributed by atoms with E-state index < -0.39 is 0 Å². The maximum atomic E-state index is 13.0. The number of likely N-dealkylation sites (tertiary alicyclic amines) is 1. The van der Waals surface area contributed by atoms with E-state index in [1.165, 1.54) is 0 Å². The zero-order valence-corrected chi connectivity index (χ0v) is 18.8. The molecule has 1 aromatic heterocycles. The van der Waals surface area contributed by atoms with Crippen LogP contribution in [0.25, 0.3) is 0 Å². The summed E-state index contributed by atoms with van der Waals surface area (Å²) in [6, 6.07) is 20.5. The predicted octanol–water partition coefficient (Wildman–Crippen LogP) is 3.32. The Labute approximate surface area is 194 Å². The lowest BCUT2D eigenvalue weighted by Crippen LogP contribution is -2.48. The average Bonchev–Trinajstić information content (AvgIpc) is 3.33. The first kappa shape index (κ1) is 21.8. The molecule has 0 N–H and O–H groups in total. The van der Waals surface area contributed by atoms with Crippen LogP contribution in [-0.4, -0.2) is 65.2 Å². The van der Waals surface area contributed by atoms with Gasteiger partial charge in [0.15, 0.2) is 5.82 Å². The Bertz CT molecular complexity index is 994. The summed E-state index contributed by atoms with van der Waals surface area (Å²) in [6.07, 6.45) is 1.93. The molecular weight excluding hydrogens is 416 g/mol. The number of benzene rings is 2. The van der Waals surface area contributed by atoms with Crippen molar-refractivity contribution < 1.29 is 14.1 Å². The Morgan fingerprint density at radius 2 is 1.64 bits per heavy atom. The number of hydrogen-bond donors (Lipinski definition) is 0. The molecule has 0 radical (unpaired) electrons. The molecule has 0 saturated carbocycles. The van der Waals surface area contributed by atoms with Crippen LogP contribution in [0.1, 0.15) is 41.6 Å². The average molecular weight is 447 g/mol. The molecule has 2 aliphatic heterocycles. The van der Waals surface area contributed by atoms with Crippen LogP contribution in [0.4, 0.5) is 0 Å². The van der Waals surface area contributed by atoms with Gasteiger partial charge >= 0.3 is 0 Å². The molecule has 2 saturated heterocycles. The number of ether oxygens (including phenoxy) is 1. The molecule has 172 valence electrons. The van der Waals surface area contributed by atoms with Crippen LogP contribution in [0.15, 0.2) is 65.2 Å². The first-order chi connectivity index (χ1) is 16.3.